The summed E-state index contributed by atoms with van der Waals surface area (Å²) in [5.74, 6) is -0.141. The first kappa shape index (κ1) is 22.8. The minimum absolute atomic E-state index is 0.0542. The molecule has 6 heteroatoms. The van der Waals surface area contributed by atoms with E-state index in [-0.39, 0.29) is 23.6 Å². The lowest BCUT2D eigenvalue weighted by molar-refractivity contribution is 0.0696. The molecule has 1 aliphatic heterocycles. The molecule has 0 fully saturated rings. The molecule has 0 saturated carbocycles. The van der Waals surface area contributed by atoms with Gasteiger partial charge in [-0.15, -0.1) is 0 Å². The molecule has 3 aromatic rings. The van der Waals surface area contributed by atoms with Crippen LogP contribution in [0.1, 0.15) is 45.0 Å². The van der Waals surface area contributed by atoms with Gasteiger partial charge in [-0.1, -0.05) is 30.3 Å². The maximum Gasteiger partial charge on any atom is 0.335 e. The molecular weight excluding hydrogens is 421 g/mol. The zero-order chi connectivity index (χ0) is 23.4. The van der Waals surface area contributed by atoms with Crippen LogP contribution in [0.2, 0.25) is 0 Å². The average Bonchev–Trinajstić information content (AvgIpc) is 2.81. The Kier molecular flexibility index (Phi) is 6.94. The number of rotatable bonds is 8. The molecule has 0 bridgehead atoms. The van der Waals surface area contributed by atoms with Crippen molar-refractivity contribution in [2.45, 2.75) is 31.8 Å². The standard InChI is InChI=1S/C27H28FNO4/c1-17-11-19(14-20(12-17)27(30)31)23-15-21(33-25-6-4-3-5-22(23)25)16-29-10-9-18-7-8-24(28)26(13-18)32-2/h3-8,11-14,21,23,29H,9-10,15-16H2,1-2H3,(H,30,31). The molecule has 4 rings (SSSR count). The number of halogens is 1. The van der Waals surface area contributed by atoms with Crippen LogP contribution < -0.4 is 14.8 Å². The number of ether oxygens (including phenoxy) is 2. The summed E-state index contributed by atoms with van der Waals surface area (Å²) in [7, 11) is 1.46. The Labute approximate surface area is 193 Å². The van der Waals surface area contributed by atoms with E-state index in [0.717, 1.165) is 40.8 Å². The summed E-state index contributed by atoms with van der Waals surface area (Å²) in [4.78, 5) is 11.6. The van der Waals surface area contributed by atoms with Gasteiger partial charge in [-0.25, -0.2) is 9.18 Å². The van der Waals surface area contributed by atoms with Crippen LogP contribution in [-0.4, -0.2) is 37.4 Å². The predicted octanol–water partition coefficient (Wildman–Crippen LogP) is 4.96. The first-order chi connectivity index (χ1) is 15.9. The second-order valence-electron chi connectivity index (χ2n) is 8.43. The van der Waals surface area contributed by atoms with E-state index in [1.807, 2.05) is 31.2 Å². The van der Waals surface area contributed by atoms with Crippen molar-refractivity contribution in [1.82, 2.24) is 5.32 Å². The van der Waals surface area contributed by atoms with Crippen LogP contribution in [0.15, 0.2) is 60.7 Å². The maximum atomic E-state index is 13.6. The van der Waals surface area contributed by atoms with Gasteiger partial charge in [0.05, 0.1) is 12.7 Å². The first-order valence-corrected chi connectivity index (χ1v) is 11.1. The molecule has 1 aliphatic rings. The van der Waals surface area contributed by atoms with Crippen LogP contribution in [0.25, 0.3) is 0 Å². The number of carbonyl (C=O) groups is 1. The molecule has 0 aliphatic carbocycles. The predicted molar refractivity (Wildman–Crippen MR) is 125 cm³/mol. The summed E-state index contributed by atoms with van der Waals surface area (Å²) in [6.45, 7) is 3.29. The van der Waals surface area contributed by atoms with Gasteiger partial charge in [0, 0.05) is 18.0 Å². The molecule has 33 heavy (non-hydrogen) atoms. The minimum Gasteiger partial charge on any atom is -0.494 e. The molecule has 5 nitrogen and oxygen atoms in total. The van der Waals surface area contributed by atoms with Gasteiger partial charge < -0.3 is 19.9 Å². The van der Waals surface area contributed by atoms with E-state index in [4.69, 9.17) is 9.47 Å². The number of aromatic carboxylic acids is 1. The number of methoxy groups -OCH3 is 1. The van der Waals surface area contributed by atoms with Gasteiger partial charge in [0.2, 0.25) is 0 Å². The van der Waals surface area contributed by atoms with E-state index in [1.54, 1.807) is 24.3 Å². The highest BCUT2D eigenvalue weighted by molar-refractivity contribution is 5.88. The van der Waals surface area contributed by atoms with Gasteiger partial charge in [0.1, 0.15) is 11.9 Å². The van der Waals surface area contributed by atoms with E-state index in [1.165, 1.54) is 13.2 Å². The zero-order valence-corrected chi connectivity index (χ0v) is 18.8. The van der Waals surface area contributed by atoms with Gasteiger partial charge in [0.25, 0.3) is 0 Å². The highest BCUT2D eigenvalue weighted by Gasteiger charge is 2.29. The number of fused-ring (bicyclic) bond motifs is 1. The number of benzene rings is 3. The van der Waals surface area contributed by atoms with Crippen molar-refractivity contribution in [1.29, 1.82) is 0 Å². The molecule has 1 heterocycles. The van der Waals surface area contributed by atoms with E-state index < -0.39 is 5.97 Å². The minimum atomic E-state index is -0.920. The smallest absolute Gasteiger partial charge is 0.335 e. The second-order valence-corrected chi connectivity index (χ2v) is 8.43. The Bertz CT molecular complexity index is 1150. The molecule has 2 N–H and O–H groups in total. The van der Waals surface area contributed by atoms with Gasteiger partial charge in [-0.2, -0.15) is 0 Å². The molecule has 0 aromatic heterocycles. The number of nitrogens with one attached hydrogen (secondary N) is 1. The fraction of sp³-hybridized carbons (Fsp3) is 0.296. The van der Waals surface area contributed by atoms with Gasteiger partial charge in [-0.05, 0) is 73.3 Å². The third-order valence-electron chi connectivity index (χ3n) is 6.01. The van der Waals surface area contributed by atoms with Crippen molar-refractivity contribution in [3.63, 3.8) is 0 Å². The third kappa shape index (κ3) is 5.34. The number of para-hydroxylation sites is 1. The lowest BCUT2D eigenvalue weighted by Gasteiger charge is -2.33. The quantitative estimate of drug-likeness (QED) is 0.476. The number of carboxylic acids is 1. The number of aryl methyl sites for hydroxylation is 1. The Morgan fingerprint density at radius 1 is 1.18 bits per heavy atom. The fourth-order valence-corrected chi connectivity index (χ4v) is 4.43. The SMILES string of the molecule is COc1cc(CCNCC2CC(c3cc(C)cc(C(=O)O)c3)c3ccccc3O2)ccc1F. The van der Waals surface area contributed by atoms with Crippen LogP contribution in [-0.2, 0) is 6.42 Å². The van der Waals surface area contributed by atoms with E-state index in [2.05, 4.69) is 11.4 Å². The molecule has 2 atom stereocenters. The molecule has 0 radical (unpaired) electrons. The van der Waals surface area contributed by atoms with Crippen LogP contribution in [0.3, 0.4) is 0 Å². The van der Waals surface area contributed by atoms with Crippen molar-refractivity contribution in [3.8, 4) is 11.5 Å². The molecule has 0 amide bonds. The fourth-order valence-electron chi connectivity index (χ4n) is 4.43. The average molecular weight is 450 g/mol. The zero-order valence-electron chi connectivity index (χ0n) is 18.8. The van der Waals surface area contributed by atoms with Crippen LogP contribution in [0.5, 0.6) is 11.5 Å². The first-order valence-electron chi connectivity index (χ1n) is 11.1. The Morgan fingerprint density at radius 2 is 2.00 bits per heavy atom. The molecule has 0 spiro atoms. The highest BCUT2D eigenvalue weighted by atomic mass is 19.1. The normalized spacial score (nSPS) is 17.2. The number of carboxylic acid groups (broad SMARTS) is 1. The molecule has 3 aromatic carbocycles. The summed E-state index contributed by atoms with van der Waals surface area (Å²) < 4.78 is 24.9. The lowest BCUT2D eigenvalue weighted by Crippen LogP contribution is -2.36. The Balaban J connectivity index is 1.45. The van der Waals surface area contributed by atoms with Crippen LogP contribution >= 0.6 is 0 Å². The van der Waals surface area contributed by atoms with E-state index in [9.17, 15) is 14.3 Å². The molecule has 2 unspecified atom stereocenters. The second kappa shape index (κ2) is 10.0. The van der Waals surface area contributed by atoms with Crippen molar-refractivity contribution < 1.29 is 23.8 Å². The summed E-state index contributed by atoms with van der Waals surface area (Å²) in [5.41, 5.74) is 4.30. The molecule has 172 valence electrons. The van der Waals surface area contributed by atoms with Crippen LogP contribution in [0, 0.1) is 12.7 Å². The molecule has 0 saturated heterocycles. The van der Waals surface area contributed by atoms with Crippen molar-refractivity contribution in [3.05, 3.63) is 94.3 Å². The summed E-state index contributed by atoms with van der Waals surface area (Å²) in [6, 6.07) is 18.4. The highest BCUT2D eigenvalue weighted by Crippen LogP contribution is 2.40. The van der Waals surface area contributed by atoms with Crippen LogP contribution in [0.4, 0.5) is 4.39 Å². The summed E-state index contributed by atoms with van der Waals surface area (Å²) in [5, 5.41) is 12.9. The number of hydrogen-bond donors (Lipinski definition) is 2. The largest absolute Gasteiger partial charge is 0.494 e. The maximum absolute atomic E-state index is 13.6. The van der Waals surface area contributed by atoms with E-state index >= 15 is 0 Å². The van der Waals surface area contributed by atoms with Crippen molar-refractivity contribution in [2.24, 2.45) is 0 Å². The van der Waals surface area contributed by atoms with E-state index in [0.29, 0.717) is 18.7 Å². The third-order valence-corrected chi connectivity index (χ3v) is 6.01. The topological polar surface area (TPSA) is 67.8 Å². The summed E-state index contributed by atoms with van der Waals surface area (Å²) >= 11 is 0. The Hall–Kier alpha value is -3.38. The Morgan fingerprint density at radius 3 is 2.79 bits per heavy atom. The van der Waals surface area contributed by atoms with Gasteiger partial charge in [0.15, 0.2) is 11.6 Å². The van der Waals surface area contributed by atoms with Crippen molar-refractivity contribution in [2.75, 3.05) is 20.2 Å². The molecular formula is C27H28FNO4. The van der Waals surface area contributed by atoms with Crippen molar-refractivity contribution >= 4 is 5.97 Å². The lowest BCUT2D eigenvalue weighted by atomic mass is 9.83. The summed E-state index contributed by atoms with van der Waals surface area (Å²) in [6.07, 6.45) is 1.43. The van der Waals surface area contributed by atoms with Gasteiger partial charge in [-0.3, -0.25) is 0 Å². The monoisotopic (exact) mass is 449 g/mol. The van der Waals surface area contributed by atoms with Gasteiger partial charge >= 0.3 is 5.97 Å². The number of hydrogen-bond acceptors (Lipinski definition) is 4.